The summed E-state index contributed by atoms with van der Waals surface area (Å²) in [5, 5.41) is 12.0. The Morgan fingerprint density at radius 1 is 1.08 bits per heavy atom. The Kier molecular flexibility index (Phi) is 4.77. The molecule has 0 aliphatic carbocycles. The highest BCUT2D eigenvalue weighted by atomic mass is 16.3. The van der Waals surface area contributed by atoms with Gasteiger partial charge >= 0.3 is 0 Å². The molecule has 0 bridgehead atoms. The fraction of sp³-hybridized carbons (Fsp3) is 0.0476. The quantitative estimate of drug-likeness (QED) is 0.552. The molecular formula is C21H16N2O2. The summed E-state index contributed by atoms with van der Waals surface area (Å²) in [6.07, 6.45) is 1.44. The van der Waals surface area contributed by atoms with Crippen LogP contribution in [0, 0.1) is 18.3 Å². The van der Waals surface area contributed by atoms with Crippen molar-refractivity contribution in [3.63, 3.8) is 0 Å². The van der Waals surface area contributed by atoms with Gasteiger partial charge in [0.2, 0.25) is 0 Å². The Hall–Kier alpha value is -3.58. The third-order valence-corrected chi connectivity index (χ3v) is 3.61. The highest BCUT2D eigenvalue weighted by molar-refractivity contribution is 6.09. The minimum absolute atomic E-state index is 0.0181. The molecule has 0 aliphatic heterocycles. The number of nitriles is 1. The smallest absolute Gasteiger partial charge is 0.266 e. The molecule has 0 aliphatic rings. The number of benzene rings is 2. The molecule has 2 aromatic carbocycles. The predicted molar refractivity (Wildman–Crippen MR) is 97.5 cm³/mol. The van der Waals surface area contributed by atoms with Gasteiger partial charge in [-0.1, -0.05) is 42.5 Å². The molecule has 0 unspecified atom stereocenters. The summed E-state index contributed by atoms with van der Waals surface area (Å²) in [5.74, 6) is 0.670. The second kappa shape index (κ2) is 7.33. The monoisotopic (exact) mass is 328 g/mol. The van der Waals surface area contributed by atoms with Crippen LogP contribution in [0.25, 0.3) is 17.4 Å². The Labute approximate surface area is 146 Å². The number of amides is 1. The summed E-state index contributed by atoms with van der Waals surface area (Å²) < 4.78 is 5.71. The molecule has 3 rings (SSSR count). The van der Waals surface area contributed by atoms with Crippen LogP contribution >= 0.6 is 0 Å². The number of furan rings is 1. The van der Waals surface area contributed by atoms with Crippen LogP contribution in [-0.2, 0) is 4.79 Å². The van der Waals surface area contributed by atoms with E-state index in [1.54, 1.807) is 12.1 Å². The third-order valence-electron chi connectivity index (χ3n) is 3.61. The number of rotatable bonds is 4. The lowest BCUT2D eigenvalue weighted by molar-refractivity contribution is -0.112. The summed E-state index contributed by atoms with van der Waals surface area (Å²) >= 11 is 0. The van der Waals surface area contributed by atoms with E-state index in [9.17, 15) is 10.1 Å². The van der Waals surface area contributed by atoms with E-state index < -0.39 is 5.91 Å². The molecule has 0 saturated carbocycles. The largest absolute Gasteiger partial charge is 0.457 e. The zero-order valence-corrected chi connectivity index (χ0v) is 13.7. The molecule has 1 aromatic heterocycles. The van der Waals surface area contributed by atoms with Crippen molar-refractivity contribution < 1.29 is 9.21 Å². The van der Waals surface area contributed by atoms with Crippen LogP contribution < -0.4 is 5.32 Å². The first kappa shape index (κ1) is 16.3. The molecule has 122 valence electrons. The van der Waals surface area contributed by atoms with E-state index in [-0.39, 0.29) is 5.57 Å². The SMILES string of the molecule is Cc1cccc(NC(=O)/C(C#N)=C\c2ccc(-c3ccccc3)o2)c1. The van der Waals surface area contributed by atoms with Gasteiger partial charge < -0.3 is 9.73 Å². The van der Waals surface area contributed by atoms with Gasteiger partial charge in [0.25, 0.3) is 5.91 Å². The molecule has 3 aromatic rings. The first-order valence-electron chi connectivity index (χ1n) is 7.81. The lowest BCUT2D eigenvalue weighted by atomic mass is 10.2. The number of nitrogens with zero attached hydrogens (tertiary/aromatic N) is 1. The van der Waals surface area contributed by atoms with E-state index in [2.05, 4.69) is 5.32 Å². The third kappa shape index (κ3) is 4.04. The molecule has 25 heavy (non-hydrogen) atoms. The first-order valence-corrected chi connectivity index (χ1v) is 7.81. The fourth-order valence-electron chi connectivity index (χ4n) is 2.40. The molecule has 1 N–H and O–H groups in total. The van der Waals surface area contributed by atoms with E-state index in [1.807, 2.05) is 67.6 Å². The zero-order chi connectivity index (χ0) is 17.6. The van der Waals surface area contributed by atoms with Crippen molar-refractivity contribution in [2.45, 2.75) is 6.92 Å². The molecule has 0 atom stereocenters. The van der Waals surface area contributed by atoms with Gasteiger partial charge in [-0.25, -0.2) is 0 Å². The number of hydrogen-bond donors (Lipinski definition) is 1. The van der Waals surface area contributed by atoms with Crippen molar-refractivity contribution in [2.24, 2.45) is 0 Å². The van der Waals surface area contributed by atoms with Gasteiger partial charge in [0.1, 0.15) is 23.2 Å². The Balaban J connectivity index is 1.80. The number of anilines is 1. The summed E-state index contributed by atoms with van der Waals surface area (Å²) in [4.78, 5) is 12.3. The second-order valence-electron chi connectivity index (χ2n) is 5.56. The van der Waals surface area contributed by atoms with Crippen LogP contribution in [0.1, 0.15) is 11.3 Å². The fourth-order valence-corrected chi connectivity index (χ4v) is 2.40. The van der Waals surface area contributed by atoms with Gasteiger partial charge in [-0.15, -0.1) is 0 Å². The van der Waals surface area contributed by atoms with Gasteiger partial charge in [-0.2, -0.15) is 5.26 Å². The molecule has 0 saturated heterocycles. The molecule has 1 heterocycles. The molecule has 4 heteroatoms. The number of nitrogens with one attached hydrogen (secondary N) is 1. The standard InChI is InChI=1S/C21H16N2O2/c1-15-6-5-9-18(12-15)23-21(24)17(14-22)13-19-10-11-20(25-19)16-7-3-2-4-8-16/h2-13H,1H3,(H,23,24)/b17-13-. The van der Waals surface area contributed by atoms with E-state index >= 15 is 0 Å². The summed E-state index contributed by atoms with van der Waals surface area (Å²) in [5.41, 5.74) is 2.59. The van der Waals surface area contributed by atoms with E-state index in [0.29, 0.717) is 17.2 Å². The van der Waals surface area contributed by atoms with E-state index in [1.165, 1.54) is 6.08 Å². The topological polar surface area (TPSA) is 66.0 Å². The van der Waals surface area contributed by atoms with Crippen LogP contribution in [0.15, 0.2) is 76.7 Å². The normalized spacial score (nSPS) is 11.0. The van der Waals surface area contributed by atoms with Gasteiger partial charge in [-0.05, 0) is 36.8 Å². The van der Waals surface area contributed by atoms with E-state index in [4.69, 9.17) is 4.42 Å². The predicted octanol–water partition coefficient (Wildman–Crippen LogP) is 4.80. The number of hydrogen-bond acceptors (Lipinski definition) is 3. The number of carbonyl (C=O) groups excluding carboxylic acids is 1. The van der Waals surface area contributed by atoms with Crippen molar-refractivity contribution in [3.05, 3.63) is 83.6 Å². The van der Waals surface area contributed by atoms with E-state index in [0.717, 1.165) is 11.1 Å². The maximum atomic E-state index is 12.3. The van der Waals surface area contributed by atoms with Crippen LogP contribution in [0.2, 0.25) is 0 Å². The Morgan fingerprint density at radius 2 is 1.88 bits per heavy atom. The molecule has 4 nitrogen and oxygen atoms in total. The molecule has 0 fully saturated rings. The van der Waals surface area contributed by atoms with Gasteiger partial charge in [0.05, 0.1) is 0 Å². The Morgan fingerprint density at radius 3 is 2.60 bits per heavy atom. The maximum absolute atomic E-state index is 12.3. The highest BCUT2D eigenvalue weighted by Gasteiger charge is 2.11. The van der Waals surface area contributed by atoms with Crippen LogP contribution in [0.4, 0.5) is 5.69 Å². The Bertz CT molecular complexity index is 963. The maximum Gasteiger partial charge on any atom is 0.266 e. The number of aryl methyl sites for hydroxylation is 1. The summed E-state index contributed by atoms with van der Waals surface area (Å²) in [6.45, 7) is 1.94. The second-order valence-corrected chi connectivity index (χ2v) is 5.56. The average Bonchev–Trinajstić information content (AvgIpc) is 3.09. The minimum Gasteiger partial charge on any atom is -0.457 e. The van der Waals surface area contributed by atoms with Gasteiger partial charge in [0.15, 0.2) is 0 Å². The van der Waals surface area contributed by atoms with Crippen LogP contribution in [0.5, 0.6) is 0 Å². The zero-order valence-electron chi connectivity index (χ0n) is 13.7. The van der Waals surface area contributed by atoms with Crippen molar-refractivity contribution in [3.8, 4) is 17.4 Å². The van der Waals surface area contributed by atoms with Gasteiger partial charge in [-0.3, -0.25) is 4.79 Å². The summed E-state index contributed by atoms with van der Waals surface area (Å²) in [6, 6.07) is 22.5. The molecule has 1 amide bonds. The number of carbonyl (C=O) groups is 1. The van der Waals surface area contributed by atoms with Crippen molar-refractivity contribution in [2.75, 3.05) is 5.32 Å². The van der Waals surface area contributed by atoms with Crippen molar-refractivity contribution >= 4 is 17.7 Å². The molecular weight excluding hydrogens is 312 g/mol. The van der Waals surface area contributed by atoms with Crippen molar-refractivity contribution in [1.82, 2.24) is 0 Å². The minimum atomic E-state index is -0.467. The average molecular weight is 328 g/mol. The van der Waals surface area contributed by atoms with Crippen LogP contribution in [-0.4, -0.2) is 5.91 Å². The molecule has 0 radical (unpaired) electrons. The van der Waals surface area contributed by atoms with Gasteiger partial charge in [0, 0.05) is 17.3 Å². The highest BCUT2D eigenvalue weighted by Crippen LogP contribution is 2.23. The van der Waals surface area contributed by atoms with Crippen LogP contribution in [0.3, 0.4) is 0 Å². The molecule has 0 spiro atoms. The lowest BCUT2D eigenvalue weighted by Gasteiger charge is -2.04. The summed E-state index contributed by atoms with van der Waals surface area (Å²) in [7, 11) is 0. The lowest BCUT2D eigenvalue weighted by Crippen LogP contribution is -2.13. The van der Waals surface area contributed by atoms with Crippen molar-refractivity contribution in [1.29, 1.82) is 5.26 Å². The first-order chi connectivity index (χ1) is 12.2.